The third-order valence-electron chi connectivity index (χ3n) is 3.18. The predicted octanol–water partition coefficient (Wildman–Crippen LogP) is 5.40. The van der Waals surface area contributed by atoms with Crippen LogP contribution < -0.4 is 0 Å². The summed E-state index contributed by atoms with van der Waals surface area (Å²) in [6, 6.07) is 13.6. The Kier molecular flexibility index (Phi) is 5.98. The molecular weight excluding hydrogens is 326 g/mol. The number of rotatable bonds is 3. The van der Waals surface area contributed by atoms with Gasteiger partial charge in [-0.1, -0.05) is 43.6 Å². The molecule has 3 aromatic rings. The third-order valence-corrected chi connectivity index (χ3v) is 3.51. The molecule has 2 aromatic carbocycles. The van der Waals surface area contributed by atoms with Crippen molar-refractivity contribution >= 4 is 17.3 Å². The second-order valence-electron chi connectivity index (χ2n) is 4.54. The Morgan fingerprint density at radius 3 is 2.08 bits per heavy atom. The highest BCUT2D eigenvalue weighted by molar-refractivity contribution is 6.33. The molecule has 6 heteroatoms. The maximum absolute atomic E-state index is 10.7. The molecule has 0 atom stereocenters. The number of halogens is 1. The van der Waals surface area contributed by atoms with E-state index >= 15 is 0 Å². The Bertz CT molecular complexity index is 836. The van der Waals surface area contributed by atoms with Gasteiger partial charge in [-0.3, -0.25) is 20.1 Å². The largest absolute Gasteiger partial charge is 0.269 e. The number of benzene rings is 2. The summed E-state index contributed by atoms with van der Waals surface area (Å²) in [5.74, 6) is 0. The summed E-state index contributed by atoms with van der Waals surface area (Å²) in [5.41, 5.74) is 2.82. The molecule has 24 heavy (non-hydrogen) atoms. The Hall–Kier alpha value is -2.79. The molecule has 0 N–H and O–H groups in total. The molecule has 0 saturated carbocycles. The van der Waals surface area contributed by atoms with Gasteiger partial charge >= 0.3 is 0 Å². The monoisotopic (exact) mass is 341 g/mol. The maximum atomic E-state index is 10.7. The van der Waals surface area contributed by atoms with Crippen molar-refractivity contribution in [2.45, 2.75) is 13.8 Å². The van der Waals surface area contributed by atoms with E-state index in [-0.39, 0.29) is 5.69 Å². The van der Waals surface area contributed by atoms with Crippen LogP contribution in [0.2, 0.25) is 5.02 Å². The van der Waals surface area contributed by atoms with Crippen molar-refractivity contribution in [1.82, 2.24) is 9.97 Å². The second kappa shape index (κ2) is 8.17. The minimum atomic E-state index is -0.435. The normalized spacial score (nSPS) is 9.79. The summed E-state index contributed by atoms with van der Waals surface area (Å²) in [6.07, 6.45) is 3.17. The average molecular weight is 342 g/mol. The van der Waals surface area contributed by atoms with E-state index in [4.69, 9.17) is 11.6 Å². The van der Waals surface area contributed by atoms with Gasteiger partial charge in [0.15, 0.2) is 0 Å². The van der Waals surface area contributed by atoms with E-state index in [1.807, 2.05) is 32.0 Å². The number of aromatic nitrogens is 2. The first-order valence-electron chi connectivity index (χ1n) is 7.47. The zero-order chi connectivity index (χ0) is 17.5. The average Bonchev–Trinajstić information content (AvgIpc) is 2.64. The smallest absolute Gasteiger partial charge is 0.258 e. The fourth-order valence-corrected chi connectivity index (χ4v) is 2.37. The van der Waals surface area contributed by atoms with Gasteiger partial charge in [0.2, 0.25) is 0 Å². The molecule has 0 aliphatic rings. The van der Waals surface area contributed by atoms with Crippen molar-refractivity contribution in [3.63, 3.8) is 0 Å². The van der Waals surface area contributed by atoms with Crippen molar-refractivity contribution < 1.29 is 4.92 Å². The lowest BCUT2D eigenvalue weighted by molar-refractivity contribution is -0.384. The lowest BCUT2D eigenvalue weighted by atomic mass is 10.0. The van der Waals surface area contributed by atoms with E-state index < -0.39 is 4.92 Å². The van der Waals surface area contributed by atoms with Crippen molar-refractivity contribution in [1.29, 1.82) is 0 Å². The van der Waals surface area contributed by atoms with Gasteiger partial charge < -0.3 is 0 Å². The van der Waals surface area contributed by atoms with Crippen LogP contribution in [-0.4, -0.2) is 14.9 Å². The number of nitro benzene ring substituents is 1. The van der Waals surface area contributed by atoms with E-state index in [2.05, 4.69) is 9.97 Å². The van der Waals surface area contributed by atoms with Crippen LogP contribution in [-0.2, 0) is 0 Å². The molecule has 0 aliphatic heterocycles. The number of nitrogens with zero attached hydrogens (tertiary/aromatic N) is 3. The van der Waals surface area contributed by atoms with Gasteiger partial charge in [0.05, 0.1) is 21.3 Å². The minimum absolute atomic E-state index is 0.0342. The summed E-state index contributed by atoms with van der Waals surface area (Å²) in [4.78, 5) is 19.0. The zero-order valence-electron chi connectivity index (χ0n) is 13.3. The maximum Gasteiger partial charge on any atom is 0.269 e. The standard InChI is InChI=1S/C16H10ClN3O2.C2H6/c17-14-4-2-1-3-13(14)16-15(18-9-10-19-16)11-5-7-12(8-6-11)20(21)22;1-2/h1-10H;1-2H3. The first-order valence-corrected chi connectivity index (χ1v) is 7.85. The van der Waals surface area contributed by atoms with Gasteiger partial charge in [0.25, 0.3) is 5.69 Å². The van der Waals surface area contributed by atoms with Gasteiger partial charge in [-0.25, -0.2) is 0 Å². The molecule has 0 aliphatic carbocycles. The van der Waals surface area contributed by atoms with E-state index in [0.29, 0.717) is 16.4 Å². The Morgan fingerprint density at radius 2 is 1.50 bits per heavy atom. The molecule has 1 heterocycles. The lowest BCUT2D eigenvalue weighted by Crippen LogP contribution is -1.93. The molecule has 0 bridgehead atoms. The molecule has 122 valence electrons. The first-order chi connectivity index (χ1) is 11.7. The molecule has 0 fully saturated rings. The second-order valence-corrected chi connectivity index (χ2v) is 4.94. The number of hydrogen-bond acceptors (Lipinski definition) is 4. The van der Waals surface area contributed by atoms with Crippen LogP contribution in [0.5, 0.6) is 0 Å². The van der Waals surface area contributed by atoms with Crippen LogP contribution in [0, 0.1) is 10.1 Å². The molecule has 0 amide bonds. The van der Waals surface area contributed by atoms with Gasteiger partial charge in [0, 0.05) is 35.7 Å². The fourth-order valence-electron chi connectivity index (χ4n) is 2.14. The topological polar surface area (TPSA) is 68.9 Å². The summed E-state index contributed by atoms with van der Waals surface area (Å²) >= 11 is 6.23. The highest BCUT2D eigenvalue weighted by Crippen LogP contribution is 2.33. The molecule has 0 spiro atoms. The van der Waals surface area contributed by atoms with Crippen molar-refractivity contribution in [2.75, 3.05) is 0 Å². The lowest BCUT2D eigenvalue weighted by Gasteiger charge is -2.09. The van der Waals surface area contributed by atoms with Crippen LogP contribution in [0.15, 0.2) is 60.9 Å². The fraction of sp³-hybridized carbons (Fsp3) is 0.111. The van der Waals surface area contributed by atoms with Crippen LogP contribution in [0.4, 0.5) is 5.69 Å². The molecule has 3 rings (SSSR count). The van der Waals surface area contributed by atoms with Gasteiger partial charge in [-0.05, 0) is 18.2 Å². The van der Waals surface area contributed by atoms with Crippen LogP contribution in [0.25, 0.3) is 22.5 Å². The molecule has 0 radical (unpaired) electrons. The highest BCUT2D eigenvalue weighted by atomic mass is 35.5. The predicted molar refractivity (Wildman–Crippen MR) is 95.9 cm³/mol. The Labute approximate surface area is 145 Å². The summed E-state index contributed by atoms with van der Waals surface area (Å²) < 4.78 is 0. The molecule has 0 unspecified atom stereocenters. The summed E-state index contributed by atoms with van der Waals surface area (Å²) in [5, 5.41) is 11.3. The van der Waals surface area contributed by atoms with E-state index in [1.165, 1.54) is 12.1 Å². The number of hydrogen-bond donors (Lipinski definition) is 0. The molecular formula is C18H16ClN3O2. The number of non-ortho nitro benzene ring substituents is 1. The van der Waals surface area contributed by atoms with Crippen molar-refractivity contribution in [3.8, 4) is 22.5 Å². The number of nitro groups is 1. The van der Waals surface area contributed by atoms with Gasteiger partial charge in [-0.2, -0.15) is 0 Å². The van der Waals surface area contributed by atoms with Crippen molar-refractivity contribution in [3.05, 3.63) is 76.1 Å². The molecule has 5 nitrogen and oxygen atoms in total. The molecule has 0 saturated heterocycles. The Balaban J connectivity index is 0.00000100. The van der Waals surface area contributed by atoms with E-state index in [1.54, 1.807) is 30.6 Å². The van der Waals surface area contributed by atoms with E-state index in [0.717, 1.165) is 11.1 Å². The van der Waals surface area contributed by atoms with Crippen LogP contribution in [0.1, 0.15) is 13.8 Å². The quantitative estimate of drug-likeness (QED) is 0.472. The van der Waals surface area contributed by atoms with E-state index in [9.17, 15) is 10.1 Å². The first kappa shape index (κ1) is 17.6. The van der Waals surface area contributed by atoms with Crippen LogP contribution in [0.3, 0.4) is 0 Å². The Morgan fingerprint density at radius 1 is 0.917 bits per heavy atom. The third kappa shape index (κ3) is 3.75. The zero-order valence-corrected chi connectivity index (χ0v) is 14.1. The highest BCUT2D eigenvalue weighted by Gasteiger charge is 2.13. The SMILES string of the molecule is CC.O=[N+]([O-])c1ccc(-c2nccnc2-c2ccccc2Cl)cc1. The van der Waals surface area contributed by atoms with Gasteiger partial charge in [-0.15, -0.1) is 0 Å². The van der Waals surface area contributed by atoms with Crippen LogP contribution >= 0.6 is 11.6 Å². The molecule has 1 aromatic heterocycles. The summed E-state index contributed by atoms with van der Waals surface area (Å²) in [7, 11) is 0. The van der Waals surface area contributed by atoms with Gasteiger partial charge in [0.1, 0.15) is 0 Å². The van der Waals surface area contributed by atoms with Crippen molar-refractivity contribution in [2.24, 2.45) is 0 Å². The summed E-state index contributed by atoms with van der Waals surface area (Å²) in [6.45, 7) is 4.00. The minimum Gasteiger partial charge on any atom is -0.258 e.